The van der Waals surface area contributed by atoms with Crippen molar-refractivity contribution < 1.29 is 27.4 Å². The van der Waals surface area contributed by atoms with E-state index in [9.17, 15) is 22.7 Å². The second-order valence-electron chi connectivity index (χ2n) is 5.33. The minimum Gasteiger partial charge on any atom is -0.506 e. The summed E-state index contributed by atoms with van der Waals surface area (Å²) in [6.07, 6.45) is 1.36. The summed E-state index contributed by atoms with van der Waals surface area (Å²) in [7, 11) is -2.65. The van der Waals surface area contributed by atoms with Crippen LogP contribution in [0.25, 0.3) is 0 Å². The number of anilines is 1. The molecule has 1 amide bonds. The molecule has 0 saturated carbocycles. The van der Waals surface area contributed by atoms with E-state index in [0.29, 0.717) is 34.7 Å². The van der Waals surface area contributed by atoms with Crippen molar-refractivity contribution in [3.05, 3.63) is 23.0 Å². The van der Waals surface area contributed by atoms with E-state index in [-0.39, 0.29) is 6.10 Å². The van der Waals surface area contributed by atoms with Gasteiger partial charge in [0, 0.05) is 13.5 Å². The first-order chi connectivity index (χ1) is 10.3. The van der Waals surface area contributed by atoms with Crippen LogP contribution in [-0.2, 0) is 32.6 Å². The van der Waals surface area contributed by atoms with Gasteiger partial charge in [-0.15, -0.1) is 0 Å². The monoisotopic (exact) mass is 330 g/mol. The molecule has 2 N–H and O–H groups in total. The fourth-order valence-electron chi connectivity index (χ4n) is 2.89. The van der Waals surface area contributed by atoms with E-state index in [4.69, 9.17) is 4.74 Å². The van der Waals surface area contributed by atoms with Gasteiger partial charge in [-0.2, -0.15) is 8.42 Å². The van der Waals surface area contributed by atoms with Crippen LogP contribution in [0.3, 0.4) is 0 Å². The number of amides is 1. The molecule has 1 aliphatic heterocycles. The molecule has 2 aliphatic rings. The van der Waals surface area contributed by atoms with E-state index in [0.717, 1.165) is 0 Å². The van der Waals surface area contributed by atoms with Gasteiger partial charge in [-0.05, 0) is 30.0 Å². The van der Waals surface area contributed by atoms with Gasteiger partial charge in [-0.25, -0.2) is 13.4 Å². The zero-order valence-electron chi connectivity index (χ0n) is 11.8. The summed E-state index contributed by atoms with van der Waals surface area (Å²) in [5.74, 6) is -2.09. The van der Waals surface area contributed by atoms with Crippen molar-refractivity contribution >= 4 is 21.8 Å². The van der Waals surface area contributed by atoms with Crippen molar-refractivity contribution in [2.24, 2.45) is 0 Å². The molecule has 1 aliphatic carbocycles. The van der Waals surface area contributed by atoms with Crippen LogP contribution in [-0.4, -0.2) is 39.2 Å². The zero-order valence-corrected chi connectivity index (χ0v) is 12.6. The minimum atomic E-state index is -4.18. The van der Waals surface area contributed by atoms with Crippen LogP contribution in [0, 0.1) is 5.82 Å². The predicted molar refractivity (Wildman–Crippen MR) is 75.3 cm³/mol. The van der Waals surface area contributed by atoms with Crippen LogP contribution >= 0.6 is 0 Å². The molecule has 1 aromatic rings. The molecule has 1 heterocycles. The van der Waals surface area contributed by atoms with Crippen molar-refractivity contribution in [3.8, 4) is 5.75 Å². The number of phenolic OH excluding ortho intramolecular Hbond substituents is 1. The Morgan fingerprint density at radius 3 is 2.82 bits per heavy atom. The Bertz CT molecular complexity index is 749. The van der Waals surface area contributed by atoms with Gasteiger partial charge in [0.2, 0.25) is 0 Å². The lowest BCUT2D eigenvalue weighted by atomic mass is 9.88. The van der Waals surface area contributed by atoms with Crippen LogP contribution in [0.4, 0.5) is 10.1 Å². The smallest absolute Gasteiger partial charge is 0.326 e. The van der Waals surface area contributed by atoms with Crippen molar-refractivity contribution in [1.29, 1.82) is 0 Å². The molecule has 1 atom stereocenters. The number of aromatic hydroxyl groups is 1. The van der Waals surface area contributed by atoms with Crippen molar-refractivity contribution in [3.63, 3.8) is 0 Å². The molecule has 0 unspecified atom stereocenters. The Labute approximate surface area is 126 Å². The number of carbonyl (C=O) groups excluding carboxylic acids is 1. The first kappa shape index (κ1) is 15.0. The average molecular weight is 330 g/mol. The molecule has 1 aromatic carbocycles. The molecule has 0 bridgehead atoms. The topological polar surface area (TPSA) is 95.9 Å². The number of methoxy groups -OCH3 is 1. The molecular formula is C13H15FN2O5S. The molecule has 7 nitrogen and oxygen atoms in total. The Kier molecular flexibility index (Phi) is 3.48. The first-order valence-electron chi connectivity index (χ1n) is 6.73. The zero-order chi connectivity index (χ0) is 16.1. The van der Waals surface area contributed by atoms with Crippen LogP contribution in [0.5, 0.6) is 5.75 Å². The Morgan fingerprint density at radius 2 is 2.23 bits per heavy atom. The fourth-order valence-corrected chi connectivity index (χ4v) is 4.05. The molecule has 3 rings (SSSR count). The number of nitrogens with zero attached hydrogens (tertiary/aromatic N) is 1. The number of nitrogens with one attached hydrogen (secondary N) is 1. The van der Waals surface area contributed by atoms with Gasteiger partial charge >= 0.3 is 10.2 Å². The number of aryl methyl sites for hydroxylation is 1. The highest BCUT2D eigenvalue weighted by molar-refractivity contribution is 7.92. The maximum Gasteiger partial charge on any atom is 0.326 e. The largest absolute Gasteiger partial charge is 0.506 e. The van der Waals surface area contributed by atoms with Gasteiger partial charge in [0.25, 0.3) is 5.91 Å². The standard InChI is InChI=1S/C13H15FN2O5S/c1-21-8-3-2-7-4-10(17)13(12(14)9(7)5-8)16-6-11(18)15-22(16,19)20/h4,8,17H,2-3,5-6H2,1H3,(H,15,18)/t8-/m0/s1. The normalized spacial score (nSPS) is 23.3. The quantitative estimate of drug-likeness (QED) is 0.808. The number of hydrogen-bond donors (Lipinski definition) is 2. The van der Waals surface area contributed by atoms with Gasteiger partial charge in [0.05, 0.1) is 6.10 Å². The maximum absolute atomic E-state index is 14.8. The summed E-state index contributed by atoms with van der Waals surface area (Å²) in [4.78, 5) is 11.3. The second kappa shape index (κ2) is 5.10. The summed E-state index contributed by atoms with van der Waals surface area (Å²) in [5.41, 5.74) is 0.456. The molecule has 120 valence electrons. The van der Waals surface area contributed by atoms with Gasteiger partial charge in [0.15, 0.2) is 5.82 Å². The van der Waals surface area contributed by atoms with E-state index < -0.39 is 39.9 Å². The third kappa shape index (κ3) is 2.30. The van der Waals surface area contributed by atoms with Crippen molar-refractivity contribution in [2.75, 3.05) is 18.0 Å². The molecule has 1 fully saturated rings. The molecule has 0 spiro atoms. The van der Waals surface area contributed by atoms with Crippen molar-refractivity contribution in [1.82, 2.24) is 4.72 Å². The first-order valence-corrected chi connectivity index (χ1v) is 8.17. The SMILES string of the molecule is CO[C@H]1CCc2cc(O)c(N3CC(=O)NS3(=O)=O)c(F)c2C1. The number of carbonyl (C=O) groups is 1. The summed E-state index contributed by atoms with van der Waals surface area (Å²) >= 11 is 0. The van der Waals surface area contributed by atoms with Crippen LogP contribution in [0.15, 0.2) is 6.07 Å². The number of benzene rings is 1. The molecule has 1 saturated heterocycles. The van der Waals surface area contributed by atoms with Crippen molar-refractivity contribution in [2.45, 2.75) is 25.4 Å². The van der Waals surface area contributed by atoms with E-state index in [1.54, 1.807) is 4.72 Å². The van der Waals surface area contributed by atoms with Crippen LogP contribution < -0.4 is 9.03 Å². The number of halogens is 1. The third-order valence-corrected chi connectivity index (χ3v) is 5.36. The lowest BCUT2D eigenvalue weighted by Gasteiger charge is -2.27. The molecular weight excluding hydrogens is 315 g/mol. The Balaban J connectivity index is 2.12. The number of fused-ring (bicyclic) bond motifs is 1. The average Bonchev–Trinajstić information content (AvgIpc) is 2.71. The lowest BCUT2D eigenvalue weighted by molar-refractivity contribution is -0.117. The summed E-state index contributed by atoms with van der Waals surface area (Å²) in [6, 6.07) is 1.36. The minimum absolute atomic E-state index is 0.158. The third-order valence-electron chi connectivity index (χ3n) is 3.98. The summed E-state index contributed by atoms with van der Waals surface area (Å²) < 4.78 is 46.0. The number of hydrogen-bond acceptors (Lipinski definition) is 5. The lowest BCUT2D eigenvalue weighted by Crippen LogP contribution is -2.31. The van der Waals surface area contributed by atoms with Crippen LogP contribution in [0.1, 0.15) is 17.5 Å². The van der Waals surface area contributed by atoms with E-state index in [2.05, 4.69) is 0 Å². The number of phenols is 1. The second-order valence-corrected chi connectivity index (χ2v) is 6.93. The fraction of sp³-hybridized carbons (Fsp3) is 0.462. The number of ether oxygens (including phenoxy) is 1. The Hall–Kier alpha value is -1.87. The molecule has 0 radical (unpaired) electrons. The van der Waals surface area contributed by atoms with Gasteiger partial charge in [-0.1, -0.05) is 0 Å². The maximum atomic E-state index is 14.8. The highest BCUT2D eigenvalue weighted by Gasteiger charge is 2.39. The molecule has 0 aromatic heterocycles. The Morgan fingerprint density at radius 1 is 1.50 bits per heavy atom. The summed E-state index contributed by atoms with van der Waals surface area (Å²) in [5, 5.41) is 10.0. The van der Waals surface area contributed by atoms with Gasteiger partial charge in [0.1, 0.15) is 18.0 Å². The van der Waals surface area contributed by atoms with E-state index >= 15 is 0 Å². The molecule has 9 heteroatoms. The van der Waals surface area contributed by atoms with Crippen LogP contribution in [0.2, 0.25) is 0 Å². The predicted octanol–water partition coefficient (Wildman–Crippen LogP) is 0.216. The highest BCUT2D eigenvalue weighted by atomic mass is 32.2. The summed E-state index contributed by atoms with van der Waals surface area (Å²) in [6.45, 7) is -0.556. The van der Waals surface area contributed by atoms with E-state index in [1.807, 2.05) is 0 Å². The molecule has 22 heavy (non-hydrogen) atoms. The number of rotatable bonds is 2. The van der Waals surface area contributed by atoms with Gasteiger partial charge in [-0.3, -0.25) is 4.79 Å². The highest BCUT2D eigenvalue weighted by Crippen LogP contribution is 2.39. The van der Waals surface area contributed by atoms with E-state index in [1.165, 1.54) is 13.2 Å². The van der Waals surface area contributed by atoms with Gasteiger partial charge < -0.3 is 9.84 Å².